The number of fused-ring (bicyclic) bond motifs is 1. The topological polar surface area (TPSA) is 37.8 Å². The van der Waals surface area contributed by atoms with Crippen LogP contribution in [0, 0.1) is 0 Å². The van der Waals surface area contributed by atoms with E-state index >= 15 is 0 Å². The molecular weight excluding hydrogens is 314 g/mol. The second kappa shape index (κ2) is 6.01. The Hall–Kier alpha value is -1.94. The van der Waals surface area contributed by atoms with Crippen LogP contribution in [0.1, 0.15) is 5.56 Å². The molecular formula is C16H14BrN3. The number of para-hydroxylation sites is 1. The molecule has 3 aromatic rings. The normalized spacial score (nSPS) is 10.7. The van der Waals surface area contributed by atoms with Crippen molar-refractivity contribution in [3.05, 3.63) is 64.9 Å². The fraction of sp³-hybridized carbons (Fsp3) is 0.125. The Morgan fingerprint density at radius 3 is 2.70 bits per heavy atom. The van der Waals surface area contributed by atoms with Gasteiger partial charge in [0.1, 0.15) is 5.82 Å². The summed E-state index contributed by atoms with van der Waals surface area (Å²) in [5.41, 5.74) is 2.26. The molecule has 0 radical (unpaired) electrons. The summed E-state index contributed by atoms with van der Waals surface area (Å²) in [4.78, 5) is 8.65. The van der Waals surface area contributed by atoms with E-state index in [0.29, 0.717) is 0 Å². The number of benzene rings is 1. The van der Waals surface area contributed by atoms with Crippen molar-refractivity contribution in [1.29, 1.82) is 0 Å². The van der Waals surface area contributed by atoms with Gasteiger partial charge in [-0.05, 0) is 58.2 Å². The molecule has 1 N–H and O–H groups in total. The molecule has 2 aromatic heterocycles. The first-order chi connectivity index (χ1) is 9.83. The van der Waals surface area contributed by atoms with E-state index in [0.717, 1.165) is 34.2 Å². The highest BCUT2D eigenvalue weighted by molar-refractivity contribution is 9.10. The Labute approximate surface area is 126 Å². The first-order valence-electron chi connectivity index (χ1n) is 6.51. The van der Waals surface area contributed by atoms with Crippen molar-refractivity contribution < 1.29 is 0 Å². The van der Waals surface area contributed by atoms with Crippen LogP contribution in [0.2, 0.25) is 0 Å². The average molecular weight is 328 g/mol. The summed E-state index contributed by atoms with van der Waals surface area (Å²) < 4.78 is 1.02. The summed E-state index contributed by atoms with van der Waals surface area (Å²) in [6.07, 6.45) is 4.60. The molecule has 0 aliphatic heterocycles. The molecule has 0 bridgehead atoms. The van der Waals surface area contributed by atoms with E-state index in [9.17, 15) is 0 Å². The van der Waals surface area contributed by atoms with Gasteiger partial charge in [-0.2, -0.15) is 0 Å². The molecule has 0 spiro atoms. The molecule has 0 atom stereocenters. The molecule has 2 heterocycles. The lowest BCUT2D eigenvalue weighted by Crippen LogP contribution is -2.06. The maximum atomic E-state index is 4.64. The SMILES string of the molecule is Brc1cccc2ccc(NCCc3ccncc3)nc12. The van der Waals surface area contributed by atoms with Crippen LogP contribution in [0.25, 0.3) is 10.9 Å². The third-order valence-corrected chi connectivity index (χ3v) is 3.78. The number of nitrogens with one attached hydrogen (secondary N) is 1. The molecule has 1 aromatic carbocycles. The Morgan fingerprint density at radius 2 is 1.85 bits per heavy atom. The number of rotatable bonds is 4. The number of nitrogens with zero attached hydrogens (tertiary/aromatic N) is 2. The second-order valence-corrected chi connectivity index (χ2v) is 5.39. The molecule has 3 nitrogen and oxygen atoms in total. The van der Waals surface area contributed by atoms with Crippen LogP contribution < -0.4 is 5.32 Å². The van der Waals surface area contributed by atoms with E-state index in [4.69, 9.17) is 0 Å². The van der Waals surface area contributed by atoms with Crippen LogP contribution in [-0.4, -0.2) is 16.5 Å². The predicted octanol–water partition coefficient (Wildman–Crippen LogP) is 4.05. The lowest BCUT2D eigenvalue weighted by molar-refractivity contribution is 1.00. The number of aromatic nitrogens is 2. The Morgan fingerprint density at radius 1 is 1.00 bits per heavy atom. The maximum Gasteiger partial charge on any atom is 0.126 e. The van der Waals surface area contributed by atoms with Gasteiger partial charge in [0, 0.05) is 28.8 Å². The fourth-order valence-corrected chi connectivity index (χ4v) is 2.56. The molecule has 3 rings (SSSR count). The minimum atomic E-state index is 0.854. The van der Waals surface area contributed by atoms with Crippen LogP contribution in [0.3, 0.4) is 0 Å². The molecule has 0 aliphatic rings. The minimum Gasteiger partial charge on any atom is -0.370 e. The number of anilines is 1. The van der Waals surface area contributed by atoms with Crippen LogP contribution in [0.15, 0.2) is 59.3 Å². The van der Waals surface area contributed by atoms with Gasteiger partial charge in [0.05, 0.1) is 5.52 Å². The van der Waals surface area contributed by atoms with Crippen molar-refractivity contribution in [3.63, 3.8) is 0 Å². The molecule has 4 heteroatoms. The van der Waals surface area contributed by atoms with Crippen LogP contribution in [0.5, 0.6) is 0 Å². The van der Waals surface area contributed by atoms with Crippen molar-refractivity contribution in [3.8, 4) is 0 Å². The van der Waals surface area contributed by atoms with Crippen molar-refractivity contribution in [1.82, 2.24) is 9.97 Å². The monoisotopic (exact) mass is 327 g/mol. The van der Waals surface area contributed by atoms with Gasteiger partial charge < -0.3 is 5.32 Å². The summed E-state index contributed by atoms with van der Waals surface area (Å²) >= 11 is 3.54. The fourth-order valence-electron chi connectivity index (χ4n) is 2.09. The van der Waals surface area contributed by atoms with E-state index in [-0.39, 0.29) is 0 Å². The summed E-state index contributed by atoms with van der Waals surface area (Å²) in [6, 6.07) is 14.3. The van der Waals surface area contributed by atoms with Crippen LogP contribution in [-0.2, 0) is 6.42 Å². The number of halogens is 1. The molecule has 0 fully saturated rings. The van der Waals surface area contributed by atoms with E-state index < -0.39 is 0 Å². The van der Waals surface area contributed by atoms with Crippen LogP contribution >= 0.6 is 15.9 Å². The average Bonchev–Trinajstić information content (AvgIpc) is 2.49. The maximum absolute atomic E-state index is 4.64. The first-order valence-corrected chi connectivity index (χ1v) is 7.30. The largest absolute Gasteiger partial charge is 0.370 e. The van der Waals surface area contributed by atoms with Crippen molar-refractivity contribution in [2.24, 2.45) is 0 Å². The molecule has 0 unspecified atom stereocenters. The van der Waals surface area contributed by atoms with Gasteiger partial charge in [0.15, 0.2) is 0 Å². The van der Waals surface area contributed by atoms with Gasteiger partial charge >= 0.3 is 0 Å². The molecule has 20 heavy (non-hydrogen) atoms. The third kappa shape index (κ3) is 2.96. The summed E-state index contributed by atoms with van der Waals surface area (Å²) in [6.45, 7) is 0.854. The van der Waals surface area contributed by atoms with Gasteiger partial charge in [-0.3, -0.25) is 4.98 Å². The zero-order valence-corrected chi connectivity index (χ0v) is 12.5. The highest BCUT2D eigenvalue weighted by Gasteiger charge is 2.01. The van der Waals surface area contributed by atoms with E-state index in [1.165, 1.54) is 5.56 Å². The van der Waals surface area contributed by atoms with E-state index in [2.05, 4.69) is 43.3 Å². The number of hydrogen-bond donors (Lipinski definition) is 1. The minimum absolute atomic E-state index is 0.854. The molecule has 0 aliphatic carbocycles. The van der Waals surface area contributed by atoms with Gasteiger partial charge in [-0.25, -0.2) is 4.98 Å². The summed E-state index contributed by atoms with van der Waals surface area (Å²) in [5.74, 6) is 0.901. The quantitative estimate of drug-likeness (QED) is 0.785. The first kappa shape index (κ1) is 13.1. The Bertz CT molecular complexity index is 713. The van der Waals surface area contributed by atoms with Gasteiger partial charge in [-0.15, -0.1) is 0 Å². The highest BCUT2D eigenvalue weighted by atomic mass is 79.9. The predicted molar refractivity (Wildman–Crippen MR) is 85.9 cm³/mol. The van der Waals surface area contributed by atoms with Gasteiger partial charge in [0.2, 0.25) is 0 Å². The molecule has 100 valence electrons. The zero-order chi connectivity index (χ0) is 13.8. The lowest BCUT2D eigenvalue weighted by atomic mass is 10.2. The van der Waals surface area contributed by atoms with Gasteiger partial charge in [0.25, 0.3) is 0 Å². The van der Waals surface area contributed by atoms with E-state index in [1.54, 1.807) is 0 Å². The van der Waals surface area contributed by atoms with Gasteiger partial charge in [-0.1, -0.05) is 12.1 Å². The zero-order valence-electron chi connectivity index (χ0n) is 10.9. The second-order valence-electron chi connectivity index (χ2n) is 4.54. The standard InChI is InChI=1S/C16H14BrN3/c17-14-3-1-2-13-4-5-15(20-16(13)14)19-11-8-12-6-9-18-10-7-12/h1-7,9-10H,8,11H2,(H,19,20). The smallest absolute Gasteiger partial charge is 0.126 e. The highest BCUT2D eigenvalue weighted by Crippen LogP contribution is 2.23. The van der Waals surface area contributed by atoms with E-state index in [1.807, 2.05) is 42.7 Å². The third-order valence-electron chi connectivity index (χ3n) is 3.14. The Balaban J connectivity index is 1.70. The lowest BCUT2D eigenvalue weighted by Gasteiger charge is -2.07. The van der Waals surface area contributed by atoms with Crippen molar-refractivity contribution in [2.45, 2.75) is 6.42 Å². The van der Waals surface area contributed by atoms with Crippen LogP contribution in [0.4, 0.5) is 5.82 Å². The van der Waals surface area contributed by atoms with Crippen molar-refractivity contribution >= 4 is 32.7 Å². The van der Waals surface area contributed by atoms with Crippen molar-refractivity contribution in [2.75, 3.05) is 11.9 Å². The number of hydrogen-bond acceptors (Lipinski definition) is 3. The Kier molecular flexibility index (Phi) is 3.92. The molecule has 0 amide bonds. The molecule has 0 saturated carbocycles. The molecule has 0 saturated heterocycles. The summed E-state index contributed by atoms with van der Waals surface area (Å²) in [7, 11) is 0. The number of pyridine rings is 2. The summed E-state index contributed by atoms with van der Waals surface area (Å²) in [5, 5.41) is 4.50.